The predicted octanol–water partition coefficient (Wildman–Crippen LogP) is 5.18. The van der Waals surface area contributed by atoms with Gasteiger partial charge in [0, 0.05) is 5.56 Å². The molecule has 3 rings (SSSR count). The average molecular weight is 487 g/mol. The molecule has 0 unspecified atom stereocenters. The summed E-state index contributed by atoms with van der Waals surface area (Å²) in [5.41, 5.74) is 4.52. The standard InChI is InChI=1S/C25H27ClN2O4S/c1-16-8-9-18(3)23(14-16)32-13-12-27-25(29)20-10-11-21(26)24(15-20)33(30,31)28-22-7-5-6-17(2)19(22)4/h5-11,14-15,28H,12-13H2,1-4H3,(H,27,29). The molecule has 3 aromatic carbocycles. The summed E-state index contributed by atoms with van der Waals surface area (Å²) in [5, 5.41) is 2.78. The number of aryl methyl sites for hydroxylation is 3. The zero-order valence-corrected chi connectivity index (χ0v) is 20.6. The van der Waals surface area contributed by atoms with E-state index in [1.54, 1.807) is 12.1 Å². The average Bonchev–Trinajstić information content (AvgIpc) is 2.76. The Morgan fingerprint density at radius 1 is 0.970 bits per heavy atom. The number of carbonyl (C=O) groups excluding carboxylic acids is 1. The van der Waals surface area contributed by atoms with Crippen LogP contribution >= 0.6 is 11.6 Å². The maximum atomic E-state index is 13.0. The fraction of sp³-hybridized carbons (Fsp3) is 0.240. The van der Waals surface area contributed by atoms with Crippen molar-refractivity contribution in [3.05, 3.63) is 87.4 Å². The van der Waals surface area contributed by atoms with E-state index in [2.05, 4.69) is 10.0 Å². The van der Waals surface area contributed by atoms with Crippen LogP contribution in [0.4, 0.5) is 5.69 Å². The van der Waals surface area contributed by atoms with Gasteiger partial charge in [-0.05, 0) is 80.3 Å². The second kappa shape index (κ2) is 10.3. The molecule has 1 amide bonds. The Balaban J connectivity index is 1.69. The normalized spacial score (nSPS) is 11.2. The molecular weight excluding hydrogens is 460 g/mol. The molecule has 0 radical (unpaired) electrons. The zero-order valence-electron chi connectivity index (χ0n) is 19.0. The maximum absolute atomic E-state index is 13.0. The van der Waals surface area contributed by atoms with E-state index < -0.39 is 15.9 Å². The van der Waals surface area contributed by atoms with Crippen LogP contribution in [0, 0.1) is 27.7 Å². The number of hydrogen-bond acceptors (Lipinski definition) is 4. The van der Waals surface area contributed by atoms with Crippen molar-refractivity contribution in [1.82, 2.24) is 5.32 Å². The van der Waals surface area contributed by atoms with Crippen LogP contribution in [0.1, 0.15) is 32.6 Å². The number of benzene rings is 3. The second-order valence-corrected chi connectivity index (χ2v) is 9.93. The van der Waals surface area contributed by atoms with E-state index in [-0.39, 0.29) is 28.6 Å². The number of anilines is 1. The summed E-state index contributed by atoms with van der Waals surface area (Å²) < 4.78 is 34.3. The van der Waals surface area contributed by atoms with E-state index in [9.17, 15) is 13.2 Å². The summed E-state index contributed by atoms with van der Waals surface area (Å²) in [6.07, 6.45) is 0. The highest BCUT2D eigenvalue weighted by Crippen LogP contribution is 2.27. The monoisotopic (exact) mass is 486 g/mol. The number of carbonyl (C=O) groups is 1. The lowest BCUT2D eigenvalue weighted by Crippen LogP contribution is -2.28. The molecule has 0 aromatic heterocycles. The Hall–Kier alpha value is -3.03. The molecule has 0 spiro atoms. The molecule has 2 N–H and O–H groups in total. The number of nitrogens with one attached hydrogen (secondary N) is 2. The van der Waals surface area contributed by atoms with Crippen molar-refractivity contribution < 1.29 is 17.9 Å². The van der Waals surface area contributed by atoms with E-state index in [0.29, 0.717) is 5.69 Å². The first-order valence-electron chi connectivity index (χ1n) is 10.5. The second-order valence-electron chi connectivity index (χ2n) is 7.87. The molecule has 0 heterocycles. The largest absolute Gasteiger partial charge is 0.491 e. The number of ether oxygens (including phenoxy) is 1. The smallest absolute Gasteiger partial charge is 0.263 e. The molecule has 3 aromatic rings. The van der Waals surface area contributed by atoms with Crippen LogP contribution in [0.25, 0.3) is 0 Å². The van der Waals surface area contributed by atoms with Gasteiger partial charge in [-0.2, -0.15) is 0 Å². The molecule has 174 valence electrons. The van der Waals surface area contributed by atoms with Gasteiger partial charge in [-0.3, -0.25) is 9.52 Å². The van der Waals surface area contributed by atoms with Crippen molar-refractivity contribution in [3.8, 4) is 5.75 Å². The lowest BCUT2D eigenvalue weighted by molar-refractivity contribution is 0.0946. The Labute approximate surface area is 200 Å². The number of rotatable bonds is 8. The van der Waals surface area contributed by atoms with Crippen LogP contribution < -0.4 is 14.8 Å². The highest BCUT2D eigenvalue weighted by atomic mass is 35.5. The molecule has 0 aliphatic heterocycles. The summed E-state index contributed by atoms with van der Waals surface area (Å²) in [4.78, 5) is 12.4. The number of sulfonamides is 1. The Morgan fingerprint density at radius 2 is 1.73 bits per heavy atom. The number of hydrogen-bond donors (Lipinski definition) is 2. The highest BCUT2D eigenvalue weighted by Gasteiger charge is 2.21. The van der Waals surface area contributed by atoms with Crippen LogP contribution in [0.5, 0.6) is 5.75 Å². The molecule has 0 aliphatic rings. The molecule has 33 heavy (non-hydrogen) atoms. The molecule has 0 atom stereocenters. The van der Waals surface area contributed by atoms with E-state index in [4.69, 9.17) is 16.3 Å². The fourth-order valence-corrected chi connectivity index (χ4v) is 4.85. The van der Waals surface area contributed by atoms with Gasteiger partial charge in [-0.1, -0.05) is 35.9 Å². The third kappa shape index (κ3) is 6.06. The van der Waals surface area contributed by atoms with Gasteiger partial charge in [-0.25, -0.2) is 8.42 Å². The molecule has 8 heteroatoms. The zero-order chi connectivity index (χ0) is 24.2. The lowest BCUT2D eigenvalue weighted by atomic mass is 10.1. The minimum absolute atomic E-state index is 0.0302. The van der Waals surface area contributed by atoms with Gasteiger partial charge < -0.3 is 10.1 Å². The van der Waals surface area contributed by atoms with Gasteiger partial charge in [0.2, 0.25) is 0 Å². The highest BCUT2D eigenvalue weighted by molar-refractivity contribution is 7.92. The summed E-state index contributed by atoms with van der Waals surface area (Å²) >= 11 is 6.17. The van der Waals surface area contributed by atoms with Crippen molar-refractivity contribution in [1.29, 1.82) is 0 Å². The van der Waals surface area contributed by atoms with Crippen molar-refractivity contribution in [2.24, 2.45) is 0 Å². The predicted molar refractivity (Wildman–Crippen MR) is 132 cm³/mol. The van der Waals surface area contributed by atoms with Crippen molar-refractivity contribution >= 4 is 33.2 Å². The summed E-state index contributed by atoms with van der Waals surface area (Å²) in [6, 6.07) is 15.4. The van der Waals surface area contributed by atoms with Crippen molar-refractivity contribution in [2.75, 3.05) is 17.9 Å². The number of halogens is 1. The van der Waals surface area contributed by atoms with Gasteiger partial charge in [0.05, 0.1) is 17.3 Å². The van der Waals surface area contributed by atoms with Crippen LogP contribution in [0.15, 0.2) is 59.5 Å². The minimum atomic E-state index is -4.00. The van der Waals surface area contributed by atoms with E-state index in [1.165, 1.54) is 18.2 Å². The van der Waals surface area contributed by atoms with Gasteiger partial charge in [-0.15, -0.1) is 0 Å². The van der Waals surface area contributed by atoms with Gasteiger partial charge in [0.1, 0.15) is 17.3 Å². The first-order valence-corrected chi connectivity index (χ1v) is 12.3. The lowest BCUT2D eigenvalue weighted by Gasteiger charge is -2.14. The van der Waals surface area contributed by atoms with Gasteiger partial charge in [0.15, 0.2) is 0 Å². The summed E-state index contributed by atoms with van der Waals surface area (Å²) in [6.45, 7) is 8.21. The molecule has 0 fully saturated rings. The Morgan fingerprint density at radius 3 is 2.48 bits per heavy atom. The topological polar surface area (TPSA) is 84.5 Å². The number of amides is 1. The third-order valence-corrected chi connectivity index (χ3v) is 7.17. The fourth-order valence-electron chi connectivity index (χ4n) is 3.20. The maximum Gasteiger partial charge on any atom is 0.263 e. The minimum Gasteiger partial charge on any atom is -0.491 e. The molecular formula is C25H27ClN2O4S. The summed E-state index contributed by atoms with van der Waals surface area (Å²) in [5.74, 6) is 0.348. The molecule has 0 bridgehead atoms. The van der Waals surface area contributed by atoms with Crippen LogP contribution in [-0.2, 0) is 10.0 Å². The third-order valence-electron chi connectivity index (χ3n) is 5.32. The quantitative estimate of drug-likeness (QED) is 0.429. The molecule has 0 aliphatic carbocycles. The Bertz CT molecular complexity index is 1290. The van der Waals surface area contributed by atoms with Gasteiger partial charge >= 0.3 is 0 Å². The van der Waals surface area contributed by atoms with E-state index in [1.807, 2.05) is 52.0 Å². The first-order chi connectivity index (χ1) is 15.6. The molecule has 6 nitrogen and oxygen atoms in total. The van der Waals surface area contributed by atoms with E-state index >= 15 is 0 Å². The van der Waals surface area contributed by atoms with E-state index in [0.717, 1.165) is 28.0 Å². The Kier molecular flexibility index (Phi) is 7.66. The van der Waals surface area contributed by atoms with Crippen LogP contribution in [0.3, 0.4) is 0 Å². The SMILES string of the molecule is Cc1ccc(C)c(OCCNC(=O)c2ccc(Cl)c(S(=O)(=O)Nc3cccc(C)c3C)c2)c1. The van der Waals surface area contributed by atoms with Crippen LogP contribution in [0.2, 0.25) is 5.02 Å². The first kappa shape index (κ1) is 24.6. The molecule has 0 saturated heterocycles. The molecule has 0 saturated carbocycles. The van der Waals surface area contributed by atoms with Crippen molar-refractivity contribution in [3.63, 3.8) is 0 Å². The van der Waals surface area contributed by atoms with Gasteiger partial charge in [0.25, 0.3) is 15.9 Å². The van der Waals surface area contributed by atoms with Crippen LogP contribution in [-0.4, -0.2) is 27.5 Å². The van der Waals surface area contributed by atoms with Crippen molar-refractivity contribution in [2.45, 2.75) is 32.6 Å². The summed E-state index contributed by atoms with van der Waals surface area (Å²) in [7, 11) is -4.00.